The molecule has 4 heteroatoms. The van der Waals surface area contributed by atoms with Crippen LogP contribution in [0.5, 0.6) is 0 Å². The van der Waals surface area contributed by atoms with Crippen LogP contribution in [0.15, 0.2) is 0 Å². The highest BCUT2D eigenvalue weighted by Crippen LogP contribution is 2.28. The van der Waals surface area contributed by atoms with Crippen molar-refractivity contribution >= 4 is 8.80 Å². The second-order valence-electron chi connectivity index (χ2n) is 4.52. The minimum Gasteiger partial charge on any atom is -0.374 e. The van der Waals surface area contributed by atoms with Crippen molar-refractivity contribution in [3.05, 3.63) is 0 Å². The average Bonchev–Trinajstić information content (AvgIpc) is 2.01. The molecule has 1 saturated heterocycles. The quantitative estimate of drug-likeness (QED) is 0.536. The fourth-order valence-corrected chi connectivity index (χ4v) is 3.83. The Kier molecular flexibility index (Phi) is 4.12. The monoisotopic (exact) mass is 218 g/mol. The number of hydrogen-bond acceptors (Lipinski definition) is 3. The van der Waals surface area contributed by atoms with Crippen molar-refractivity contribution in [1.82, 2.24) is 0 Å². The van der Waals surface area contributed by atoms with E-state index in [4.69, 9.17) is 13.3 Å². The summed E-state index contributed by atoms with van der Waals surface area (Å²) in [6, 6.07) is 0. The van der Waals surface area contributed by atoms with Crippen LogP contribution in [0.25, 0.3) is 0 Å². The summed E-state index contributed by atoms with van der Waals surface area (Å²) in [4.78, 5) is 0. The molecule has 0 amide bonds. The Balaban J connectivity index is 2.39. The van der Waals surface area contributed by atoms with Crippen LogP contribution in [0.2, 0.25) is 6.55 Å². The van der Waals surface area contributed by atoms with Gasteiger partial charge in [0.25, 0.3) is 0 Å². The van der Waals surface area contributed by atoms with Gasteiger partial charge in [-0.1, -0.05) is 13.3 Å². The van der Waals surface area contributed by atoms with Crippen LogP contribution >= 0.6 is 0 Å². The first-order valence-electron chi connectivity index (χ1n) is 5.45. The van der Waals surface area contributed by atoms with E-state index in [-0.39, 0.29) is 5.60 Å². The molecule has 1 aliphatic rings. The van der Waals surface area contributed by atoms with Crippen LogP contribution in [-0.2, 0) is 13.3 Å². The molecule has 0 radical (unpaired) electrons. The third-order valence-electron chi connectivity index (χ3n) is 2.39. The Morgan fingerprint density at radius 3 is 2.71 bits per heavy atom. The topological polar surface area (TPSA) is 27.7 Å². The lowest BCUT2D eigenvalue weighted by Crippen LogP contribution is -2.53. The summed E-state index contributed by atoms with van der Waals surface area (Å²) in [5, 5.41) is 0. The summed E-state index contributed by atoms with van der Waals surface area (Å²) in [5.41, 5.74) is -0.0779. The van der Waals surface area contributed by atoms with Gasteiger partial charge in [-0.05, 0) is 26.7 Å². The molecule has 0 spiro atoms. The van der Waals surface area contributed by atoms with E-state index in [1.807, 2.05) is 6.55 Å². The second kappa shape index (κ2) is 4.75. The van der Waals surface area contributed by atoms with Gasteiger partial charge in [0.15, 0.2) is 0 Å². The first-order valence-corrected chi connectivity index (χ1v) is 7.68. The molecule has 0 aromatic heterocycles. The molecule has 0 aromatic rings. The van der Waals surface area contributed by atoms with Gasteiger partial charge in [-0.3, -0.25) is 0 Å². The molecule has 1 aliphatic heterocycles. The Morgan fingerprint density at radius 2 is 2.14 bits per heavy atom. The molecule has 14 heavy (non-hydrogen) atoms. The van der Waals surface area contributed by atoms with Crippen molar-refractivity contribution in [2.45, 2.75) is 52.2 Å². The van der Waals surface area contributed by atoms with Gasteiger partial charge >= 0.3 is 8.80 Å². The Labute approximate surface area is 88.1 Å². The van der Waals surface area contributed by atoms with Crippen molar-refractivity contribution in [3.8, 4) is 0 Å². The number of unbranched alkanes of at least 4 members (excludes halogenated alkanes) is 1. The lowest BCUT2D eigenvalue weighted by molar-refractivity contribution is -0.0595. The summed E-state index contributed by atoms with van der Waals surface area (Å²) < 4.78 is 17.3. The zero-order chi connectivity index (χ0) is 10.7. The van der Waals surface area contributed by atoms with Crippen LogP contribution in [-0.4, -0.2) is 27.6 Å². The SMILES string of the molecule is CCCCO[Si]1(C)OCCC(C)(C)O1. The Bertz CT molecular complexity index is 184. The third kappa shape index (κ3) is 3.69. The summed E-state index contributed by atoms with van der Waals surface area (Å²) in [6.07, 6.45) is 3.18. The maximum atomic E-state index is 5.90. The van der Waals surface area contributed by atoms with E-state index in [9.17, 15) is 0 Å². The summed E-state index contributed by atoms with van der Waals surface area (Å²) in [5.74, 6) is 0. The molecule has 1 unspecified atom stereocenters. The minimum absolute atomic E-state index is 0.0779. The average molecular weight is 218 g/mol. The number of hydrogen-bond donors (Lipinski definition) is 0. The van der Waals surface area contributed by atoms with Crippen LogP contribution < -0.4 is 0 Å². The molecule has 84 valence electrons. The van der Waals surface area contributed by atoms with Gasteiger partial charge in [0, 0.05) is 19.8 Å². The molecule has 1 fully saturated rings. The molecule has 0 bridgehead atoms. The van der Waals surface area contributed by atoms with Crippen molar-refractivity contribution < 1.29 is 13.3 Å². The highest BCUT2D eigenvalue weighted by atomic mass is 28.4. The lowest BCUT2D eigenvalue weighted by atomic mass is 10.1. The fraction of sp³-hybridized carbons (Fsp3) is 1.00. The molecule has 3 nitrogen and oxygen atoms in total. The summed E-state index contributed by atoms with van der Waals surface area (Å²) in [7, 11) is -2.31. The third-order valence-corrected chi connectivity index (χ3v) is 4.77. The van der Waals surface area contributed by atoms with Crippen molar-refractivity contribution in [3.63, 3.8) is 0 Å². The van der Waals surface area contributed by atoms with E-state index in [0.29, 0.717) is 0 Å². The highest BCUT2D eigenvalue weighted by Gasteiger charge is 2.44. The molecule has 1 rings (SSSR count). The molecule has 1 heterocycles. The van der Waals surface area contributed by atoms with E-state index in [1.165, 1.54) is 0 Å². The zero-order valence-electron chi connectivity index (χ0n) is 9.76. The van der Waals surface area contributed by atoms with Gasteiger partial charge in [0.05, 0.1) is 5.60 Å². The molecule has 1 atom stereocenters. The number of rotatable bonds is 4. The smallest absolute Gasteiger partial charge is 0.374 e. The fourth-order valence-electron chi connectivity index (χ4n) is 1.54. The molecule has 0 N–H and O–H groups in total. The van der Waals surface area contributed by atoms with Gasteiger partial charge in [0.1, 0.15) is 0 Å². The second-order valence-corrected chi connectivity index (χ2v) is 7.03. The summed E-state index contributed by atoms with van der Waals surface area (Å²) in [6.45, 7) is 9.87. The van der Waals surface area contributed by atoms with E-state index >= 15 is 0 Å². The van der Waals surface area contributed by atoms with Crippen LogP contribution in [0.4, 0.5) is 0 Å². The molecular weight excluding hydrogens is 196 g/mol. The largest absolute Gasteiger partial charge is 0.498 e. The highest BCUT2D eigenvalue weighted by molar-refractivity contribution is 6.59. The maximum absolute atomic E-state index is 5.90. The predicted molar refractivity (Wildman–Crippen MR) is 58.2 cm³/mol. The van der Waals surface area contributed by atoms with E-state index in [1.54, 1.807) is 0 Å². The molecule has 0 aromatic carbocycles. The zero-order valence-corrected chi connectivity index (χ0v) is 10.8. The van der Waals surface area contributed by atoms with Gasteiger partial charge < -0.3 is 13.3 Å². The molecule has 0 saturated carbocycles. The van der Waals surface area contributed by atoms with Crippen LogP contribution in [0, 0.1) is 0 Å². The maximum Gasteiger partial charge on any atom is 0.498 e. The van der Waals surface area contributed by atoms with Gasteiger partial charge in [-0.15, -0.1) is 0 Å². The normalized spacial score (nSPS) is 31.7. The van der Waals surface area contributed by atoms with Gasteiger partial charge in [0.2, 0.25) is 0 Å². The van der Waals surface area contributed by atoms with Gasteiger partial charge in [-0.25, -0.2) is 0 Å². The Morgan fingerprint density at radius 1 is 1.43 bits per heavy atom. The Hall–Kier alpha value is 0.0969. The van der Waals surface area contributed by atoms with E-state index < -0.39 is 8.80 Å². The van der Waals surface area contributed by atoms with Crippen molar-refractivity contribution in [2.24, 2.45) is 0 Å². The first-order chi connectivity index (χ1) is 6.47. The van der Waals surface area contributed by atoms with E-state index in [0.717, 1.165) is 32.5 Å². The van der Waals surface area contributed by atoms with Crippen molar-refractivity contribution in [2.75, 3.05) is 13.2 Å². The van der Waals surface area contributed by atoms with Crippen LogP contribution in [0.1, 0.15) is 40.0 Å². The molecular formula is C10H22O3Si. The lowest BCUT2D eigenvalue weighted by Gasteiger charge is -2.40. The van der Waals surface area contributed by atoms with Crippen LogP contribution in [0.3, 0.4) is 0 Å². The standard InChI is InChI=1S/C10H22O3Si/c1-5-6-8-11-14(4)12-9-7-10(2,3)13-14/h5-9H2,1-4H3. The summed E-state index contributed by atoms with van der Waals surface area (Å²) >= 11 is 0. The molecule has 0 aliphatic carbocycles. The minimum atomic E-state index is -2.31. The van der Waals surface area contributed by atoms with Gasteiger partial charge in [-0.2, -0.15) is 0 Å². The van der Waals surface area contributed by atoms with Crippen molar-refractivity contribution in [1.29, 1.82) is 0 Å². The first kappa shape index (κ1) is 12.2. The predicted octanol–water partition coefficient (Wildman–Crippen LogP) is 2.59. The van der Waals surface area contributed by atoms with E-state index in [2.05, 4.69) is 20.8 Å².